The van der Waals surface area contributed by atoms with Crippen LogP contribution in [0.4, 0.5) is 0 Å². The third kappa shape index (κ3) is 2.73. The van der Waals surface area contributed by atoms with Gasteiger partial charge in [-0.05, 0) is 37.6 Å². The van der Waals surface area contributed by atoms with Crippen molar-refractivity contribution in [3.8, 4) is 0 Å². The van der Waals surface area contributed by atoms with Crippen LogP contribution in [0.25, 0.3) is 0 Å². The highest BCUT2D eigenvalue weighted by Crippen LogP contribution is 2.38. The fourth-order valence-corrected chi connectivity index (χ4v) is 3.40. The topological polar surface area (TPSA) is 20.3 Å². The lowest BCUT2D eigenvalue weighted by molar-refractivity contribution is -0.127. The van der Waals surface area contributed by atoms with Crippen molar-refractivity contribution in [3.05, 3.63) is 0 Å². The number of nitrogens with zero attached hydrogens (tertiary/aromatic N) is 1. The minimum atomic E-state index is -0.0537. The molecule has 0 aromatic carbocycles. The first-order valence-corrected chi connectivity index (χ1v) is 7.17. The van der Waals surface area contributed by atoms with E-state index in [0.29, 0.717) is 11.7 Å². The lowest BCUT2D eigenvalue weighted by atomic mass is 9.89. The number of Topliss-reactive ketones (excluding diaryl/α,β-unsaturated/α-hetero) is 1. The van der Waals surface area contributed by atoms with E-state index in [-0.39, 0.29) is 5.41 Å². The molecule has 1 aliphatic carbocycles. The quantitative estimate of drug-likeness (QED) is 0.752. The van der Waals surface area contributed by atoms with E-state index in [2.05, 4.69) is 32.6 Å². The van der Waals surface area contributed by atoms with Gasteiger partial charge in [-0.25, -0.2) is 0 Å². The van der Waals surface area contributed by atoms with Gasteiger partial charge >= 0.3 is 0 Å². The second kappa shape index (κ2) is 4.72. The fourth-order valence-electron chi connectivity index (χ4n) is 3.40. The van der Waals surface area contributed by atoms with Crippen molar-refractivity contribution in [2.24, 2.45) is 23.2 Å². The lowest BCUT2D eigenvalue weighted by Crippen LogP contribution is -2.32. The van der Waals surface area contributed by atoms with Crippen LogP contribution in [0.3, 0.4) is 0 Å². The van der Waals surface area contributed by atoms with Crippen molar-refractivity contribution in [1.29, 1.82) is 0 Å². The zero-order chi connectivity index (χ0) is 12.6. The molecule has 2 unspecified atom stereocenters. The molecule has 0 aromatic rings. The third-order valence-corrected chi connectivity index (χ3v) is 4.89. The van der Waals surface area contributed by atoms with Crippen molar-refractivity contribution in [2.45, 2.75) is 47.0 Å². The highest BCUT2D eigenvalue weighted by atomic mass is 16.1. The Labute approximate surface area is 106 Å². The van der Waals surface area contributed by atoms with E-state index < -0.39 is 0 Å². The predicted molar refractivity (Wildman–Crippen MR) is 70.9 cm³/mol. The van der Waals surface area contributed by atoms with Gasteiger partial charge in [-0.15, -0.1) is 0 Å². The van der Waals surface area contributed by atoms with Gasteiger partial charge in [-0.3, -0.25) is 4.79 Å². The Hall–Kier alpha value is -0.370. The second-order valence-corrected chi connectivity index (χ2v) is 7.04. The minimum Gasteiger partial charge on any atom is -0.302 e. The van der Waals surface area contributed by atoms with Crippen LogP contribution in [-0.4, -0.2) is 30.3 Å². The monoisotopic (exact) mass is 237 g/mol. The minimum absolute atomic E-state index is 0.0537. The molecule has 2 aliphatic rings. The molecule has 1 heterocycles. The average molecular weight is 237 g/mol. The Balaban J connectivity index is 1.86. The van der Waals surface area contributed by atoms with Crippen molar-refractivity contribution in [1.82, 2.24) is 4.90 Å². The first-order valence-electron chi connectivity index (χ1n) is 7.17. The molecule has 2 fully saturated rings. The molecular weight excluding hydrogens is 210 g/mol. The van der Waals surface area contributed by atoms with Crippen molar-refractivity contribution in [3.63, 3.8) is 0 Å². The molecule has 0 spiro atoms. The maximum absolute atomic E-state index is 12.2. The summed E-state index contributed by atoms with van der Waals surface area (Å²) in [6.45, 7) is 12.3. The smallest absolute Gasteiger partial charge is 0.142 e. The summed E-state index contributed by atoms with van der Waals surface area (Å²) in [6, 6.07) is 0. The maximum atomic E-state index is 12.2. The molecule has 17 heavy (non-hydrogen) atoms. The summed E-state index contributed by atoms with van der Waals surface area (Å²) < 4.78 is 0. The molecular formula is C15H27NO. The van der Waals surface area contributed by atoms with E-state index in [9.17, 15) is 4.79 Å². The Bertz CT molecular complexity index is 295. The Kier molecular flexibility index (Phi) is 3.63. The molecule has 0 aromatic heterocycles. The Morgan fingerprint density at radius 2 is 2.06 bits per heavy atom. The number of hydrogen-bond donors (Lipinski definition) is 0. The summed E-state index contributed by atoms with van der Waals surface area (Å²) in [5.74, 6) is 2.46. The van der Waals surface area contributed by atoms with E-state index in [1.807, 2.05) is 0 Å². The first-order chi connectivity index (χ1) is 7.90. The summed E-state index contributed by atoms with van der Waals surface area (Å²) in [6.07, 6.45) is 3.51. The third-order valence-electron chi connectivity index (χ3n) is 4.89. The normalized spacial score (nSPS) is 33.8. The van der Waals surface area contributed by atoms with Gasteiger partial charge in [0.2, 0.25) is 0 Å². The number of rotatable bonds is 3. The van der Waals surface area contributed by atoms with Crippen LogP contribution in [0.1, 0.15) is 47.0 Å². The maximum Gasteiger partial charge on any atom is 0.142 e. The van der Waals surface area contributed by atoms with Gasteiger partial charge in [0.25, 0.3) is 0 Å². The van der Waals surface area contributed by atoms with Crippen molar-refractivity contribution in [2.75, 3.05) is 19.6 Å². The summed E-state index contributed by atoms with van der Waals surface area (Å²) >= 11 is 0. The fraction of sp³-hybridized carbons (Fsp3) is 0.933. The Morgan fingerprint density at radius 1 is 1.35 bits per heavy atom. The second-order valence-electron chi connectivity index (χ2n) is 7.04. The average Bonchev–Trinajstić information content (AvgIpc) is 2.79. The van der Waals surface area contributed by atoms with E-state index in [1.54, 1.807) is 0 Å². The van der Waals surface area contributed by atoms with Crippen LogP contribution < -0.4 is 0 Å². The summed E-state index contributed by atoms with van der Waals surface area (Å²) in [7, 11) is 0. The van der Waals surface area contributed by atoms with E-state index in [1.165, 1.54) is 19.5 Å². The highest BCUT2D eigenvalue weighted by molar-refractivity contribution is 5.88. The zero-order valence-electron chi connectivity index (χ0n) is 11.8. The van der Waals surface area contributed by atoms with Crippen LogP contribution in [0.5, 0.6) is 0 Å². The van der Waals surface area contributed by atoms with Gasteiger partial charge < -0.3 is 4.90 Å². The lowest BCUT2D eigenvalue weighted by Gasteiger charge is -2.22. The number of likely N-dealkylation sites (tertiary alicyclic amines) is 1. The molecule has 0 N–H and O–H groups in total. The van der Waals surface area contributed by atoms with Crippen molar-refractivity contribution >= 4 is 5.78 Å². The number of ketones is 1. The highest BCUT2D eigenvalue weighted by Gasteiger charge is 2.41. The van der Waals surface area contributed by atoms with Gasteiger partial charge in [0.1, 0.15) is 5.78 Å². The molecule has 2 rings (SSSR count). The first kappa shape index (κ1) is 13.1. The molecule has 0 amide bonds. The number of carbonyl (C=O) groups is 1. The molecule has 2 atom stereocenters. The van der Waals surface area contributed by atoms with E-state index >= 15 is 0 Å². The van der Waals surface area contributed by atoms with Crippen LogP contribution in [-0.2, 0) is 4.79 Å². The SMILES string of the molecule is CC(C)C1CCN(CC2CCC(C)(C)C2=O)C1. The molecule has 98 valence electrons. The molecule has 0 bridgehead atoms. The standard InChI is InChI=1S/C15H27NO/c1-11(2)12-6-8-16(9-12)10-13-5-7-15(3,4)14(13)17/h11-13H,5-10H2,1-4H3. The van der Waals surface area contributed by atoms with E-state index in [0.717, 1.165) is 31.2 Å². The molecule has 0 radical (unpaired) electrons. The van der Waals surface area contributed by atoms with Gasteiger partial charge in [-0.2, -0.15) is 0 Å². The largest absolute Gasteiger partial charge is 0.302 e. The number of carbonyl (C=O) groups excluding carboxylic acids is 1. The van der Waals surface area contributed by atoms with Gasteiger partial charge in [-0.1, -0.05) is 27.7 Å². The van der Waals surface area contributed by atoms with Crippen LogP contribution in [0.15, 0.2) is 0 Å². The van der Waals surface area contributed by atoms with Crippen LogP contribution >= 0.6 is 0 Å². The van der Waals surface area contributed by atoms with Gasteiger partial charge in [0, 0.05) is 24.4 Å². The van der Waals surface area contributed by atoms with Crippen LogP contribution in [0.2, 0.25) is 0 Å². The zero-order valence-corrected chi connectivity index (χ0v) is 11.8. The van der Waals surface area contributed by atoms with E-state index in [4.69, 9.17) is 0 Å². The van der Waals surface area contributed by atoms with Gasteiger partial charge in [0.15, 0.2) is 0 Å². The molecule has 1 saturated carbocycles. The molecule has 1 saturated heterocycles. The predicted octanol–water partition coefficient (Wildman–Crippen LogP) is 2.97. The van der Waals surface area contributed by atoms with Crippen LogP contribution in [0, 0.1) is 23.2 Å². The molecule has 1 aliphatic heterocycles. The van der Waals surface area contributed by atoms with Gasteiger partial charge in [0.05, 0.1) is 0 Å². The molecule has 2 heteroatoms. The summed E-state index contributed by atoms with van der Waals surface area (Å²) in [5, 5.41) is 0. The number of hydrogen-bond acceptors (Lipinski definition) is 2. The summed E-state index contributed by atoms with van der Waals surface area (Å²) in [5.41, 5.74) is -0.0537. The summed E-state index contributed by atoms with van der Waals surface area (Å²) in [4.78, 5) is 14.7. The van der Waals surface area contributed by atoms with Crippen molar-refractivity contribution < 1.29 is 4.79 Å². The Morgan fingerprint density at radius 3 is 2.53 bits per heavy atom. The molecule has 2 nitrogen and oxygen atoms in total.